The molecule has 1 nitrogen and oxygen atoms in total. The van der Waals surface area contributed by atoms with Crippen molar-refractivity contribution in [3.05, 3.63) is 11.6 Å². The first-order chi connectivity index (χ1) is 2.89. The highest BCUT2D eigenvalue weighted by molar-refractivity contribution is 8.48. The van der Waals surface area contributed by atoms with E-state index in [9.17, 15) is 0 Å². The Hall–Kier alpha value is 0.0500. The molecule has 0 aliphatic carbocycles. The van der Waals surface area contributed by atoms with Crippen LogP contribution in [0.4, 0.5) is 0 Å². The Morgan fingerprint density at radius 2 is 2.50 bits per heavy atom. The topological polar surface area (TPSA) is 12.4 Å². The number of hydrogen-bond acceptors (Lipinski definition) is 1. The number of halogens is 1. The number of nitrogens with zero attached hydrogens (tertiary/aromatic N) is 1. The molecule has 0 aromatic rings. The first kappa shape index (κ1) is 4.22. The lowest BCUT2D eigenvalue weighted by Crippen LogP contribution is -1.50. The van der Waals surface area contributed by atoms with Gasteiger partial charge in [-0.3, -0.25) is 4.99 Å². The summed E-state index contributed by atoms with van der Waals surface area (Å²) >= 11 is 0. The summed E-state index contributed by atoms with van der Waals surface area (Å²) in [6.45, 7) is 0. The van der Waals surface area contributed by atoms with Crippen molar-refractivity contribution in [1.29, 1.82) is 0 Å². The van der Waals surface area contributed by atoms with Crippen LogP contribution < -0.4 is 0 Å². The van der Waals surface area contributed by atoms with E-state index in [1.165, 1.54) is 0 Å². The summed E-state index contributed by atoms with van der Waals surface area (Å²) in [5, 5.41) is 1.89. The van der Waals surface area contributed by atoms with Gasteiger partial charge in [-0.05, 0) is 5.41 Å². The number of aliphatic imine (C=N–C) groups is 1. The molecule has 34 valence electrons. The number of rotatable bonds is 0. The Bertz CT molecular complexity index is 87.0. The highest BCUT2D eigenvalue weighted by atomic mass is 35.7. The van der Waals surface area contributed by atoms with Gasteiger partial charge < -0.3 is 0 Å². The molecule has 1 atom stereocenters. The van der Waals surface area contributed by atoms with Crippen LogP contribution in [-0.2, 0) is 0 Å². The molecule has 3 heteroatoms. The van der Waals surface area contributed by atoms with Crippen LogP contribution >= 0.6 is 20.8 Å². The first-order valence-electron chi connectivity index (χ1n) is 1.54. The van der Waals surface area contributed by atoms with E-state index in [4.69, 9.17) is 10.7 Å². The first-order valence-corrected chi connectivity index (χ1v) is 3.92. The largest absolute Gasteiger partial charge is 0.258 e. The summed E-state index contributed by atoms with van der Waals surface area (Å²) < 4.78 is 0. The molecule has 0 aromatic heterocycles. The van der Waals surface area contributed by atoms with Crippen LogP contribution in [0.1, 0.15) is 0 Å². The van der Waals surface area contributed by atoms with Crippen LogP contribution in [0.15, 0.2) is 16.6 Å². The van der Waals surface area contributed by atoms with Crippen molar-refractivity contribution in [1.82, 2.24) is 0 Å². The summed E-state index contributed by atoms with van der Waals surface area (Å²) in [4.78, 5) is 3.76. The molecule has 0 saturated heterocycles. The van der Waals surface area contributed by atoms with Crippen molar-refractivity contribution in [2.75, 3.05) is 0 Å². The molecule has 1 unspecified atom stereocenters. The minimum atomic E-state index is -0.465. The van der Waals surface area contributed by atoms with Crippen molar-refractivity contribution in [2.45, 2.75) is 0 Å². The van der Waals surface area contributed by atoms with Gasteiger partial charge in [-0.1, -0.05) is 10.7 Å². The minimum absolute atomic E-state index is 0.465. The van der Waals surface area contributed by atoms with E-state index in [-0.39, 0.29) is 0 Å². The Labute approximate surface area is 43.6 Å². The predicted molar refractivity (Wildman–Crippen MR) is 32.5 cm³/mol. The third kappa shape index (κ3) is 0.758. The van der Waals surface area contributed by atoms with E-state index in [1.54, 1.807) is 11.7 Å². The van der Waals surface area contributed by atoms with E-state index in [0.29, 0.717) is 0 Å². The van der Waals surface area contributed by atoms with Gasteiger partial charge in [0.05, 0.1) is 5.55 Å². The highest BCUT2D eigenvalue weighted by Crippen LogP contribution is 2.31. The van der Waals surface area contributed by atoms with Gasteiger partial charge in [-0.2, -0.15) is 0 Å². The molecule has 0 bridgehead atoms. The monoisotopic (exact) mass is 121 g/mol. The fraction of sp³-hybridized carbons (Fsp3) is 0. The van der Waals surface area contributed by atoms with E-state index in [1.807, 2.05) is 5.41 Å². The maximum absolute atomic E-state index is 5.54. The van der Waals surface area contributed by atoms with Gasteiger partial charge in [0.1, 0.15) is 0 Å². The normalized spacial score (nSPS) is 35.2. The van der Waals surface area contributed by atoms with Gasteiger partial charge in [0, 0.05) is 6.20 Å². The fourth-order valence-corrected chi connectivity index (χ4v) is 1.03. The van der Waals surface area contributed by atoms with E-state index < -0.39 is 10.1 Å². The second kappa shape index (κ2) is 1.67. The van der Waals surface area contributed by atoms with Gasteiger partial charge in [-0.15, -0.1) is 10.1 Å². The summed E-state index contributed by atoms with van der Waals surface area (Å²) in [6.07, 6.45) is 1.72. The Morgan fingerprint density at radius 1 is 1.67 bits per heavy atom. The van der Waals surface area contributed by atoms with Gasteiger partial charge in [0.2, 0.25) is 0 Å². The molecule has 0 amide bonds. The molecule has 0 fully saturated rings. The summed E-state index contributed by atoms with van der Waals surface area (Å²) in [6, 6.07) is 0. The van der Waals surface area contributed by atoms with Crippen LogP contribution in [0.2, 0.25) is 0 Å². The highest BCUT2D eigenvalue weighted by Gasteiger charge is 1.88. The van der Waals surface area contributed by atoms with Crippen LogP contribution in [-0.4, -0.2) is 5.55 Å². The molecule has 0 saturated carbocycles. The third-order valence-electron chi connectivity index (χ3n) is 0.472. The predicted octanol–water partition coefficient (Wildman–Crippen LogP) is 1.65. The minimum Gasteiger partial charge on any atom is -0.258 e. The standard InChI is InChI=1S/C3H4ClNS/c4-6-2-1-5-3-6/h1-3,6H. The number of thiol groups is 1. The van der Waals surface area contributed by atoms with Gasteiger partial charge in [0.15, 0.2) is 0 Å². The fourth-order valence-electron chi connectivity index (χ4n) is 0.243. The Morgan fingerprint density at radius 3 is 2.67 bits per heavy atom. The Balaban J connectivity index is 2.60. The second-order valence-corrected chi connectivity index (χ2v) is 3.30. The molecule has 6 heavy (non-hydrogen) atoms. The maximum atomic E-state index is 5.54. The average molecular weight is 122 g/mol. The lowest BCUT2D eigenvalue weighted by Gasteiger charge is -1.85. The lowest BCUT2D eigenvalue weighted by molar-refractivity contribution is 1.65. The molecule has 1 heterocycles. The molecule has 0 aromatic carbocycles. The Kier molecular flexibility index (Phi) is 1.17. The molecule has 0 radical (unpaired) electrons. The molecule has 0 spiro atoms. The van der Waals surface area contributed by atoms with Crippen LogP contribution in [0.5, 0.6) is 0 Å². The molecule has 1 rings (SSSR count). The van der Waals surface area contributed by atoms with E-state index in [0.717, 1.165) is 0 Å². The van der Waals surface area contributed by atoms with Crippen molar-refractivity contribution in [3.63, 3.8) is 0 Å². The number of hydrogen-bond donors (Lipinski definition) is 1. The van der Waals surface area contributed by atoms with Crippen LogP contribution in [0.25, 0.3) is 0 Å². The molecule has 1 aliphatic heterocycles. The summed E-state index contributed by atoms with van der Waals surface area (Å²) in [5.74, 6) is 0. The van der Waals surface area contributed by atoms with Crippen molar-refractivity contribution >= 4 is 26.3 Å². The molecule has 1 aliphatic rings. The summed E-state index contributed by atoms with van der Waals surface area (Å²) in [5.41, 5.74) is 1.75. The van der Waals surface area contributed by atoms with Crippen molar-refractivity contribution in [2.24, 2.45) is 4.99 Å². The third-order valence-corrected chi connectivity index (χ3v) is 1.84. The van der Waals surface area contributed by atoms with Gasteiger partial charge >= 0.3 is 0 Å². The van der Waals surface area contributed by atoms with Crippen LogP contribution in [0.3, 0.4) is 0 Å². The smallest absolute Gasteiger partial charge is 0.0566 e. The zero-order chi connectivity index (χ0) is 4.41. The zero-order valence-corrected chi connectivity index (χ0v) is 4.65. The molecular formula is C3H4ClNS. The average Bonchev–Trinajstić information content (AvgIpc) is 1.86. The lowest BCUT2D eigenvalue weighted by atomic mass is 11.1. The van der Waals surface area contributed by atoms with E-state index >= 15 is 0 Å². The van der Waals surface area contributed by atoms with E-state index in [2.05, 4.69) is 4.99 Å². The van der Waals surface area contributed by atoms with Crippen molar-refractivity contribution < 1.29 is 0 Å². The van der Waals surface area contributed by atoms with Crippen molar-refractivity contribution in [3.8, 4) is 0 Å². The van der Waals surface area contributed by atoms with Gasteiger partial charge in [0.25, 0.3) is 0 Å². The van der Waals surface area contributed by atoms with Gasteiger partial charge in [-0.25, -0.2) is 0 Å². The summed E-state index contributed by atoms with van der Waals surface area (Å²) in [7, 11) is 5.08. The maximum Gasteiger partial charge on any atom is 0.0566 e. The SMILES string of the molecule is Cl[SH]1C=CN=C1. The molecular weight excluding hydrogens is 118 g/mol. The zero-order valence-electron chi connectivity index (χ0n) is 3.00. The molecule has 0 N–H and O–H groups in total. The van der Waals surface area contributed by atoms with Crippen LogP contribution in [0, 0.1) is 0 Å². The second-order valence-electron chi connectivity index (χ2n) is 0.907. The quantitative estimate of drug-likeness (QED) is 0.468.